The van der Waals surface area contributed by atoms with Crippen molar-refractivity contribution in [2.75, 3.05) is 17.6 Å². The first kappa shape index (κ1) is 13.0. The fraction of sp³-hybridized carbons (Fsp3) is 0.533. The number of hydrogen-bond acceptors (Lipinski definition) is 3. The molecule has 1 N–H and O–H groups in total. The fourth-order valence-electron chi connectivity index (χ4n) is 2.85. The third-order valence-corrected chi connectivity index (χ3v) is 5.42. The van der Waals surface area contributed by atoms with Gasteiger partial charge in [0, 0.05) is 18.0 Å². The van der Waals surface area contributed by atoms with E-state index in [1.54, 1.807) is 30.8 Å². The van der Waals surface area contributed by atoms with E-state index in [9.17, 15) is 4.39 Å². The summed E-state index contributed by atoms with van der Waals surface area (Å²) in [4.78, 5) is 4.66. The van der Waals surface area contributed by atoms with Crippen LogP contribution in [-0.2, 0) is 0 Å². The van der Waals surface area contributed by atoms with Gasteiger partial charge in [-0.3, -0.25) is 4.99 Å². The number of benzene rings is 1. The van der Waals surface area contributed by atoms with Gasteiger partial charge in [-0.2, -0.15) is 0 Å². The lowest BCUT2D eigenvalue weighted by molar-refractivity contribution is 0.359. The lowest BCUT2D eigenvalue weighted by Crippen LogP contribution is -2.30. The van der Waals surface area contributed by atoms with Crippen molar-refractivity contribution in [1.82, 2.24) is 0 Å². The summed E-state index contributed by atoms with van der Waals surface area (Å²) in [6.45, 7) is 2.70. The molecule has 0 aromatic heterocycles. The predicted molar refractivity (Wildman–Crippen MR) is 80.4 cm³/mol. The Labute approximate surface area is 117 Å². The van der Waals surface area contributed by atoms with Crippen molar-refractivity contribution in [3.8, 4) is 0 Å². The molecule has 3 rings (SSSR count). The molecule has 2 nitrogen and oxygen atoms in total. The second-order valence-corrected chi connectivity index (χ2v) is 6.67. The van der Waals surface area contributed by atoms with Gasteiger partial charge in [0.1, 0.15) is 5.82 Å². The van der Waals surface area contributed by atoms with Crippen molar-refractivity contribution in [1.29, 1.82) is 0 Å². The van der Waals surface area contributed by atoms with E-state index in [1.165, 1.54) is 25.7 Å². The summed E-state index contributed by atoms with van der Waals surface area (Å²) >= 11 is 1.78. The first-order chi connectivity index (χ1) is 9.17. The standard InChI is InChI=1S/C15H19FN2S/c1-11-4-5-12(8-13(11)16)18-14-17-9-15(10-19-14)6-2-3-7-15/h4-5,8H,2-3,6-7,9-10H2,1H3,(H,17,18). The average Bonchev–Trinajstić information content (AvgIpc) is 2.86. The van der Waals surface area contributed by atoms with Crippen molar-refractivity contribution in [3.63, 3.8) is 0 Å². The van der Waals surface area contributed by atoms with Gasteiger partial charge < -0.3 is 5.32 Å². The van der Waals surface area contributed by atoms with Crippen LogP contribution in [0.5, 0.6) is 0 Å². The summed E-state index contributed by atoms with van der Waals surface area (Å²) in [5.41, 5.74) is 1.92. The Morgan fingerprint density at radius 1 is 1.32 bits per heavy atom. The molecule has 4 heteroatoms. The third-order valence-electron chi connectivity index (χ3n) is 4.16. The normalized spacial score (nSPS) is 21.5. The number of rotatable bonds is 1. The highest BCUT2D eigenvalue weighted by atomic mass is 32.2. The van der Waals surface area contributed by atoms with E-state index in [0.29, 0.717) is 11.0 Å². The molecule has 2 aliphatic rings. The van der Waals surface area contributed by atoms with Gasteiger partial charge >= 0.3 is 0 Å². The summed E-state index contributed by atoms with van der Waals surface area (Å²) in [6.07, 6.45) is 5.33. The van der Waals surface area contributed by atoms with Gasteiger partial charge in [-0.1, -0.05) is 30.7 Å². The molecule has 0 unspecified atom stereocenters. The van der Waals surface area contributed by atoms with Gasteiger partial charge in [0.15, 0.2) is 5.17 Å². The Bertz CT molecular complexity index is 507. The first-order valence-electron chi connectivity index (χ1n) is 6.87. The van der Waals surface area contributed by atoms with Crippen molar-refractivity contribution >= 4 is 22.6 Å². The van der Waals surface area contributed by atoms with Crippen LogP contribution < -0.4 is 5.32 Å². The molecule has 0 radical (unpaired) electrons. The zero-order valence-electron chi connectivity index (χ0n) is 11.2. The highest BCUT2D eigenvalue weighted by molar-refractivity contribution is 8.14. The van der Waals surface area contributed by atoms with E-state index in [4.69, 9.17) is 0 Å². The summed E-state index contributed by atoms with van der Waals surface area (Å²) in [7, 11) is 0. The van der Waals surface area contributed by atoms with E-state index in [0.717, 1.165) is 23.2 Å². The summed E-state index contributed by atoms with van der Waals surface area (Å²) < 4.78 is 13.5. The molecule has 0 atom stereocenters. The average molecular weight is 278 g/mol. The molecule has 102 valence electrons. The van der Waals surface area contributed by atoms with E-state index in [-0.39, 0.29) is 5.82 Å². The Balaban J connectivity index is 1.67. The molecule has 1 aromatic carbocycles. The molecule has 0 bridgehead atoms. The zero-order valence-corrected chi connectivity index (χ0v) is 12.0. The number of nitrogens with one attached hydrogen (secondary N) is 1. The second-order valence-electron chi connectivity index (χ2n) is 5.71. The van der Waals surface area contributed by atoms with E-state index in [2.05, 4.69) is 10.3 Å². The Kier molecular flexibility index (Phi) is 3.52. The van der Waals surface area contributed by atoms with Crippen LogP contribution in [0.4, 0.5) is 10.1 Å². The highest BCUT2D eigenvalue weighted by Crippen LogP contribution is 2.43. The van der Waals surface area contributed by atoms with Crippen LogP contribution in [0.2, 0.25) is 0 Å². The molecule has 1 heterocycles. The number of aryl methyl sites for hydroxylation is 1. The van der Waals surface area contributed by atoms with Gasteiger partial charge in [0.05, 0.1) is 0 Å². The Morgan fingerprint density at radius 3 is 2.74 bits per heavy atom. The molecule has 1 saturated carbocycles. The quantitative estimate of drug-likeness (QED) is 0.832. The molecule has 1 aliphatic heterocycles. The Hall–Kier alpha value is -1.03. The summed E-state index contributed by atoms with van der Waals surface area (Å²) in [6, 6.07) is 5.24. The topological polar surface area (TPSA) is 24.4 Å². The molecule has 1 spiro atoms. The minimum atomic E-state index is -0.168. The highest BCUT2D eigenvalue weighted by Gasteiger charge is 2.36. The van der Waals surface area contributed by atoms with E-state index >= 15 is 0 Å². The van der Waals surface area contributed by atoms with Crippen LogP contribution in [-0.4, -0.2) is 17.5 Å². The maximum atomic E-state index is 13.5. The van der Waals surface area contributed by atoms with Crippen molar-refractivity contribution in [3.05, 3.63) is 29.6 Å². The van der Waals surface area contributed by atoms with Crippen LogP contribution in [0.1, 0.15) is 31.2 Å². The van der Waals surface area contributed by atoms with Gasteiger partial charge in [0.2, 0.25) is 0 Å². The fourth-order valence-corrected chi connectivity index (χ4v) is 4.02. The van der Waals surface area contributed by atoms with Gasteiger partial charge in [-0.15, -0.1) is 0 Å². The van der Waals surface area contributed by atoms with Crippen molar-refractivity contribution in [2.24, 2.45) is 10.4 Å². The molecule has 1 aliphatic carbocycles. The number of amidine groups is 1. The maximum absolute atomic E-state index is 13.5. The lowest BCUT2D eigenvalue weighted by Gasteiger charge is -2.31. The number of nitrogens with zero attached hydrogens (tertiary/aromatic N) is 1. The number of hydrogen-bond donors (Lipinski definition) is 1. The van der Waals surface area contributed by atoms with Crippen LogP contribution >= 0.6 is 11.8 Å². The molecule has 1 aromatic rings. The molecule has 1 fully saturated rings. The molecule has 0 saturated heterocycles. The molecule has 0 amide bonds. The van der Waals surface area contributed by atoms with E-state index in [1.807, 2.05) is 6.07 Å². The molecule has 19 heavy (non-hydrogen) atoms. The van der Waals surface area contributed by atoms with Crippen molar-refractivity contribution < 1.29 is 4.39 Å². The molecular weight excluding hydrogens is 259 g/mol. The number of anilines is 1. The van der Waals surface area contributed by atoms with Gasteiger partial charge in [-0.25, -0.2) is 4.39 Å². The third kappa shape index (κ3) is 2.78. The van der Waals surface area contributed by atoms with Crippen LogP contribution in [0.25, 0.3) is 0 Å². The summed E-state index contributed by atoms with van der Waals surface area (Å²) in [5, 5.41) is 4.16. The predicted octanol–water partition coefficient (Wildman–Crippen LogP) is 4.21. The minimum Gasteiger partial charge on any atom is -0.335 e. The van der Waals surface area contributed by atoms with Crippen molar-refractivity contribution in [2.45, 2.75) is 32.6 Å². The number of aliphatic imine (C=N–C) groups is 1. The molecular formula is C15H19FN2S. The smallest absolute Gasteiger partial charge is 0.161 e. The summed E-state index contributed by atoms with van der Waals surface area (Å²) in [5.74, 6) is 0.978. The van der Waals surface area contributed by atoms with Gasteiger partial charge in [0.25, 0.3) is 0 Å². The van der Waals surface area contributed by atoms with Crippen LogP contribution in [0.15, 0.2) is 23.2 Å². The maximum Gasteiger partial charge on any atom is 0.161 e. The number of thioether (sulfide) groups is 1. The first-order valence-corrected chi connectivity index (χ1v) is 7.86. The van der Waals surface area contributed by atoms with E-state index < -0.39 is 0 Å². The van der Waals surface area contributed by atoms with Crippen LogP contribution in [0, 0.1) is 18.2 Å². The largest absolute Gasteiger partial charge is 0.335 e. The van der Waals surface area contributed by atoms with Crippen LogP contribution in [0.3, 0.4) is 0 Å². The lowest BCUT2D eigenvalue weighted by atomic mass is 9.89. The minimum absolute atomic E-state index is 0.168. The zero-order chi connectivity index (χ0) is 13.3. The number of halogens is 1. The second kappa shape index (κ2) is 5.16. The SMILES string of the molecule is Cc1ccc(NC2=NCC3(CCCC3)CS2)cc1F. The Morgan fingerprint density at radius 2 is 2.11 bits per heavy atom. The monoisotopic (exact) mass is 278 g/mol. The van der Waals surface area contributed by atoms with Gasteiger partial charge in [-0.05, 0) is 42.9 Å².